The van der Waals surface area contributed by atoms with Crippen molar-refractivity contribution in [1.82, 2.24) is 5.32 Å². The lowest BCUT2D eigenvalue weighted by atomic mass is 9.99. The van der Waals surface area contributed by atoms with Crippen LogP contribution in [0.4, 0.5) is 0 Å². The molecule has 0 aliphatic heterocycles. The van der Waals surface area contributed by atoms with Gasteiger partial charge in [-0.1, -0.05) is 56.3 Å². The Morgan fingerprint density at radius 3 is 2.11 bits per heavy atom. The summed E-state index contributed by atoms with van der Waals surface area (Å²) in [6.07, 6.45) is 0. The molecule has 0 fully saturated rings. The molecule has 1 N–H and O–H groups in total. The van der Waals surface area contributed by atoms with Crippen molar-refractivity contribution in [2.75, 3.05) is 12.3 Å². The van der Waals surface area contributed by atoms with E-state index in [4.69, 9.17) is 0 Å². The number of nitrogens with one attached hydrogen (secondary N) is 1. The van der Waals surface area contributed by atoms with Crippen LogP contribution in [0.3, 0.4) is 0 Å². The molecule has 0 amide bonds. The fourth-order valence-corrected chi connectivity index (χ4v) is 2.86. The molecule has 2 heteroatoms. The Hall–Kier alpha value is -1.25. The van der Waals surface area contributed by atoms with E-state index in [-0.39, 0.29) is 6.04 Å². The van der Waals surface area contributed by atoms with Gasteiger partial charge in [-0.25, -0.2) is 0 Å². The molecule has 100 valence electrons. The molecule has 0 aliphatic rings. The van der Waals surface area contributed by atoms with E-state index in [9.17, 15) is 0 Å². The number of hydrogen-bond acceptors (Lipinski definition) is 2. The zero-order valence-corrected chi connectivity index (χ0v) is 12.4. The largest absolute Gasteiger partial charge is 0.307 e. The molecule has 1 nitrogen and oxygen atoms in total. The topological polar surface area (TPSA) is 12.0 Å². The second-order valence-corrected chi connectivity index (χ2v) is 5.74. The van der Waals surface area contributed by atoms with Gasteiger partial charge in [-0.2, -0.15) is 0 Å². The van der Waals surface area contributed by atoms with E-state index in [1.54, 1.807) is 0 Å². The molecule has 1 unspecified atom stereocenters. The first-order valence-corrected chi connectivity index (χ1v) is 7.84. The quantitative estimate of drug-likeness (QED) is 0.776. The molecular formula is C17H21NS. The van der Waals surface area contributed by atoms with Crippen molar-refractivity contribution in [3.05, 3.63) is 65.7 Å². The molecule has 0 aliphatic carbocycles. The van der Waals surface area contributed by atoms with Gasteiger partial charge in [-0.15, -0.1) is 11.8 Å². The van der Waals surface area contributed by atoms with Crippen LogP contribution in [-0.2, 0) is 0 Å². The highest BCUT2D eigenvalue weighted by molar-refractivity contribution is 7.99. The summed E-state index contributed by atoms with van der Waals surface area (Å²) in [5, 5.41) is 3.56. The van der Waals surface area contributed by atoms with E-state index in [0.29, 0.717) is 0 Å². The third-order valence-corrected chi connectivity index (χ3v) is 3.96. The Kier molecular flexibility index (Phi) is 5.49. The molecule has 0 saturated carbocycles. The molecule has 2 aromatic carbocycles. The minimum Gasteiger partial charge on any atom is -0.307 e. The Labute approximate surface area is 120 Å². The summed E-state index contributed by atoms with van der Waals surface area (Å²) < 4.78 is 0. The van der Waals surface area contributed by atoms with E-state index in [1.165, 1.54) is 16.0 Å². The maximum atomic E-state index is 3.56. The third kappa shape index (κ3) is 3.85. The van der Waals surface area contributed by atoms with Gasteiger partial charge in [0, 0.05) is 4.90 Å². The van der Waals surface area contributed by atoms with Crippen molar-refractivity contribution < 1.29 is 0 Å². The summed E-state index contributed by atoms with van der Waals surface area (Å²) in [4.78, 5) is 1.34. The minimum atomic E-state index is 0.284. The van der Waals surface area contributed by atoms with Crippen LogP contribution in [0.2, 0.25) is 0 Å². The number of benzene rings is 2. The fourth-order valence-electron chi connectivity index (χ4n) is 2.20. The molecule has 0 bridgehead atoms. The second kappa shape index (κ2) is 7.37. The van der Waals surface area contributed by atoms with Crippen LogP contribution < -0.4 is 5.32 Å². The van der Waals surface area contributed by atoms with Gasteiger partial charge in [0.25, 0.3) is 0 Å². The van der Waals surface area contributed by atoms with Crippen LogP contribution in [0.25, 0.3) is 0 Å². The summed E-state index contributed by atoms with van der Waals surface area (Å²) in [5.74, 6) is 1.12. The molecule has 2 aromatic rings. The average Bonchev–Trinajstić information content (AvgIpc) is 2.47. The number of rotatable bonds is 6. The lowest BCUT2D eigenvalue weighted by molar-refractivity contribution is 0.630. The highest BCUT2D eigenvalue weighted by Gasteiger charge is 2.12. The summed E-state index contributed by atoms with van der Waals surface area (Å²) >= 11 is 1.88. The molecular weight excluding hydrogens is 250 g/mol. The van der Waals surface area contributed by atoms with Gasteiger partial charge in [0.05, 0.1) is 6.04 Å². The maximum Gasteiger partial charge on any atom is 0.0576 e. The van der Waals surface area contributed by atoms with E-state index >= 15 is 0 Å². The zero-order chi connectivity index (χ0) is 13.5. The van der Waals surface area contributed by atoms with E-state index in [1.807, 2.05) is 11.8 Å². The van der Waals surface area contributed by atoms with E-state index in [2.05, 4.69) is 73.8 Å². The van der Waals surface area contributed by atoms with Gasteiger partial charge < -0.3 is 5.32 Å². The minimum absolute atomic E-state index is 0.284. The van der Waals surface area contributed by atoms with Crippen LogP contribution in [0.5, 0.6) is 0 Å². The number of thioether (sulfide) groups is 1. The number of hydrogen-bond donors (Lipinski definition) is 1. The molecule has 0 aromatic heterocycles. The molecule has 0 heterocycles. The van der Waals surface area contributed by atoms with Crippen molar-refractivity contribution in [3.8, 4) is 0 Å². The molecule has 2 rings (SSSR count). The lowest BCUT2D eigenvalue weighted by Gasteiger charge is -2.19. The van der Waals surface area contributed by atoms with Crippen LogP contribution in [0.1, 0.15) is 31.0 Å². The van der Waals surface area contributed by atoms with Crippen LogP contribution in [-0.4, -0.2) is 12.3 Å². The van der Waals surface area contributed by atoms with Crippen molar-refractivity contribution in [1.29, 1.82) is 0 Å². The maximum absolute atomic E-state index is 3.56. The Balaban J connectivity index is 2.24. The van der Waals surface area contributed by atoms with Gasteiger partial charge in [-0.05, 0) is 35.6 Å². The third-order valence-electron chi connectivity index (χ3n) is 3.07. The monoisotopic (exact) mass is 271 g/mol. The Morgan fingerprint density at radius 1 is 0.895 bits per heavy atom. The molecule has 1 atom stereocenters. The predicted octanol–water partition coefficient (Wildman–Crippen LogP) is 4.50. The highest BCUT2D eigenvalue weighted by atomic mass is 32.2. The van der Waals surface area contributed by atoms with Crippen LogP contribution >= 0.6 is 11.8 Å². The molecule has 0 spiro atoms. The molecule has 19 heavy (non-hydrogen) atoms. The van der Waals surface area contributed by atoms with Gasteiger partial charge >= 0.3 is 0 Å². The van der Waals surface area contributed by atoms with Gasteiger partial charge in [0.15, 0.2) is 0 Å². The van der Waals surface area contributed by atoms with Gasteiger partial charge in [-0.3, -0.25) is 0 Å². The van der Waals surface area contributed by atoms with Crippen molar-refractivity contribution in [2.45, 2.75) is 24.8 Å². The van der Waals surface area contributed by atoms with Gasteiger partial charge in [0.1, 0.15) is 0 Å². The second-order valence-electron chi connectivity index (χ2n) is 4.40. The van der Waals surface area contributed by atoms with Crippen molar-refractivity contribution in [2.24, 2.45) is 0 Å². The summed E-state index contributed by atoms with van der Waals surface area (Å²) in [6, 6.07) is 19.8. The Morgan fingerprint density at radius 2 is 1.53 bits per heavy atom. The van der Waals surface area contributed by atoms with E-state index in [0.717, 1.165) is 12.3 Å². The lowest BCUT2D eigenvalue weighted by Crippen LogP contribution is -2.21. The predicted molar refractivity (Wildman–Crippen MR) is 84.8 cm³/mol. The first-order valence-electron chi connectivity index (χ1n) is 6.86. The molecule has 0 radical (unpaired) electrons. The first kappa shape index (κ1) is 14.2. The SMILES string of the molecule is CCNC(c1ccccc1)c1ccc(SCC)cc1. The Bertz CT molecular complexity index is 478. The van der Waals surface area contributed by atoms with Crippen LogP contribution in [0.15, 0.2) is 59.5 Å². The van der Waals surface area contributed by atoms with Gasteiger partial charge in [0.2, 0.25) is 0 Å². The first-order chi connectivity index (χ1) is 9.35. The van der Waals surface area contributed by atoms with Crippen molar-refractivity contribution >= 4 is 11.8 Å². The standard InChI is InChI=1S/C17H21NS/c1-3-18-17(14-8-6-5-7-9-14)15-10-12-16(13-11-15)19-4-2/h5-13,17-18H,3-4H2,1-2H3. The van der Waals surface area contributed by atoms with Crippen molar-refractivity contribution in [3.63, 3.8) is 0 Å². The fraction of sp³-hybridized carbons (Fsp3) is 0.294. The normalized spacial score (nSPS) is 12.3. The summed E-state index contributed by atoms with van der Waals surface area (Å²) in [7, 11) is 0. The highest BCUT2D eigenvalue weighted by Crippen LogP contribution is 2.25. The smallest absolute Gasteiger partial charge is 0.0576 e. The zero-order valence-electron chi connectivity index (χ0n) is 11.6. The summed E-state index contributed by atoms with van der Waals surface area (Å²) in [5.41, 5.74) is 2.65. The van der Waals surface area contributed by atoms with E-state index < -0.39 is 0 Å². The summed E-state index contributed by atoms with van der Waals surface area (Å²) in [6.45, 7) is 5.30. The van der Waals surface area contributed by atoms with Crippen LogP contribution in [0, 0.1) is 0 Å². The molecule has 0 saturated heterocycles. The average molecular weight is 271 g/mol.